The van der Waals surface area contributed by atoms with Crippen molar-refractivity contribution in [3.63, 3.8) is 0 Å². The lowest BCUT2D eigenvalue weighted by Gasteiger charge is -2.20. The van der Waals surface area contributed by atoms with Crippen LogP contribution in [-0.2, 0) is 4.79 Å². The van der Waals surface area contributed by atoms with Crippen LogP contribution in [0.2, 0.25) is 0 Å². The molecule has 0 bridgehead atoms. The van der Waals surface area contributed by atoms with Gasteiger partial charge < -0.3 is 25.3 Å². The largest absolute Gasteiger partial charge is 0.495 e. The molecule has 3 N–H and O–H groups in total. The van der Waals surface area contributed by atoms with Crippen molar-refractivity contribution in [3.05, 3.63) is 54.4 Å². The van der Waals surface area contributed by atoms with Gasteiger partial charge in [-0.1, -0.05) is 24.3 Å². The average Bonchev–Trinajstić information content (AvgIpc) is 3.32. The standard InChI is InChI=1S/C21H23N5O3/c1-13(19-23-14-7-3-4-8-15(14)24-19)22-21(28)25-16-11-12-26(20(16)27)17-9-5-6-10-18(17)29-2/h3-10,13,16H,11-12H2,1-2H3,(H,23,24)(H2,22,25,28)/t13-,16?/m0/s1. The summed E-state index contributed by atoms with van der Waals surface area (Å²) in [5.74, 6) is 1.14. The molecule has 1 aliphatic rings. The van der Waals surface area contributed by atoms with E-state index in [1.165, 1.54) is 0 Å². The molecule has 0 radical (unpaired) electrons. The van der Waals surface area contributed by atoms with Crippen LogP contribution in [0, 0.1) is 0 Å². The van der Waals surface area contributed by atoms with Crippen molar-refractivity contribution in [1.29, 1.82) is 0 Å². The zero-order valence-corrected chi connectivity index (χ0v) is 16.3. The third-order valence-electron chi connectivity index (χ3n) is 5.05. The molecule has 3 amide bonds. The van der Waals surface area contributed by atoms with E-state index in [2.05, 4.69) is 20.6 Å². The van der Waals surface area contributed by atoms with Crippen LogP contribution in [-0.4, -0.2) is 41.6 Å². The highest BCUT2D eigenvalue weighted by Gasteiger charge is 2.35. The summed E-state index contributed by atoms with van der Waals surface area (Å²) < 4.78 is 5.34. The van der Waals surface area contributed by atoms with Crippen molar-refractivity contribution in [1.82, 2.24) is 20.6 Å². The van der Waals surface area contributed by atoms with Crippen LogP contribution in [0.4, 0.5) is 10.5 Å². The second-order valence-corrected chi connectivity index (χ2v) is 6.98. The highest BCUT2D eigenvalue weighted by molar-refractivity contribution is 6.02. The Labute approximate surface area is 168 Å². The van der Waals surface area contributed by atoms with Crippen LogP contribution in [0.1, 0.15) is 25.2 Å². The molecule has 1 unspecified atom stereocenters. The summed E-state index contributed by atoms with van der Waals surface area (Å²) >= 11 is 0. The van der Waals surface area contributed by atoms with E-state index in [0.717, 1.165) is 11.0 Å². The lowest BCUT2D eigenvalue weighted by Crippen LogP contribution is -2.46. The van der Waals surface area contributed by atoms with Gasteiger partial charge >= 0.3 is 6.03 Å². The van der Waals surface area contributed by atoms with Crippen LogP contribution in [0.5, 0.6) is 5.75 Å². The van der Waals surface area contributed by atoms with Crippen LogP contribution < -0.4 is 20.3 Å². The molecule has 2 atom stereocenters. The molecular weight excluding hydrogens is 370 g/mol. The first-order valence-electron chi connectivity index (χ1n) is 9.53. The van der Waals surface area contributed by atoms with Crippen molar-refractivity contribution in [2.24, 2.45) is 0 Å². The SMILES string of the molecule is COc1ccccc1N1CCC(NC(=O)N[C@@H](C)c2nc3ccccc3[nH]2)C1=O. The van der Waals surface area contributed by atoms with Gasteiger partial charge in [0.25, 0.3) is 0 Å². The molecule has 8 nitrogen and oxygen atoms in total. The van der Waals surface area contributed by atoms with E-state index >= 15 is 0 Å². The lowest BCUT2D eigenvalue weighted by atomic mass is 10.2. The van der Waals surface area contributed by atoms with E-state index in [1.54, 1.807) is 12.0 Å². The topological polar surface area (TPSA) is 99.3 Å². The number of H-pyrrole nitrogens is 1. The number of nitrogens with zero attached hydrogens (tertiary/aromatic N) is 2. The van der Waals surface area contributed by atoms with Gasteiger partial charge in [-0.25, -0.2) is 9.78 Å². The van der Waals surface area contributed by atoms with E-state index in [-0.39, 0.29) is 11.9 Å². The lowest BCUT2D eigenvalue weighted by molar-refractivity contribution is -0.118. The van der Waals surface area contributed by atoms with E-state index in [9.17, 15) is 9.59 Å². The fraction of sp³-hybridized carbons (Fsp3) is 0.286. The molecule has 1 fully saturated rings. The van der Waals surface area contributed by atoms with Crippen LogP contribution >= 0.6 is 0 Å². The highest BCUT2D eigenvalue weighted by atomic mass is 16.5. The van der Waals surface area contributed by atoms with E-state index in [1.807, 2.05) is 55.5 Å². The first-order valence-corrected chi connectivity index (χ1v) is 9.53. The van der Waals surface area contributed by atoms with Gasteiger partial charge in [0.15, 0.2) is 0 Å². The summed E-state index contributed by atoms with van der Waals surface area (Å²) in [6, 6.07) is 13.7. The minimum Gasteiger partial charge on any atom is -0.495 e. The van der Waals surface area contributed by atoms with Crippen LogP contribution in [0.3, 0.4) is 0 Å². The van der Waals surface area contributed by atoms with Gasteiger partial charge in [-0.05, 0) is 37.6 Å². The first-order chi connectivity index (χ1) is 14.1. The third-order valence-corrected chi connectivity index (χ3v) is 5.05. The Morgan fingerprint density at radius 3 is 2.79 bits per heavy atom. The number of hydrogen-bond acceptors (Lipinski definition) is 4. The van der Waals surface area contributed by atoms with Crippen molar-refractivity contribution in [2.45, 2.75) is 25.4 Å². The Bertz CT molecular complexity index is 1010. The predicted octanol–water partition coefficient (Wildman–Crippen LogP) is 2.74. The van der Waals surface area contributed by atoms with Gasteiger partial charge in [0.05, 0.1) is 29.9 Å². The molecule has 2 heterocycles. The maximum atomic E-state index is 12.8. The molecule has 0 aliphatic carbocycles. The third kappa shape index (κ3) is 3.73. The Balaban J connectivity index is 1.39. The zero-order chi connectivity index (χ0) is 20.4. The monoisotopic (exact) mass is 393 g/mol. The summed E-state index contributed by atoms with van der Waals surface area (Å²) in [5, 5.41) is 5.62. The zero-order valence-electron chi connectivity index (χ0n) is 16.3. The van der Waals surface area contributed by atoms with Gasteiger partial charge in [-0.15, -0.1) is 0 Å². The minimum atomic E-state index is -0.581. The van der Waals surface area contributed by atoms with Crippen molar-refractivity contribution >= 4 is 28.7 Å². The molecule has 1 aliphatic heterocycles. The number of para-hydroxylation sites is 4. The van der Waals surface area contributed by atoms with Crippen molar-refractivity contribution in [2.75, 3.05) is 18.6 Å². The molecule has 1 saturated heterocycles. The predicted molar refractivity (Wildman–Crippen MR) is 110 cm³/mol. The molecule has 2 aromatic carbocycles. The quantitative estimate of drug-likeness (QED) is 0.621. The van der Waals surface area contributed by atoms with Gasteiger partial charge in [0, 0.05) is 6.54 Å². The number of aromatic nitrogens is 2. The number of imidazole rings is 1. The smallest absolute Gasteiger partial charge is 0.316 e. The van der Waals surface area contributed by atoms with Gasteiger partial charge in [-0.3, -0.25) is 4.79 Å². The minimum absolute atomic E-state index is 0.152. The number of benzene rings is 2. The number of carbonyl (C=O) groups is 2. The number of nitrogens with one attached hydrogen (secondary N) is 3. The summed E-state index contributed by atoms with van der Waals surface area (Å²) in [6.45, 7) is 2.36. The number of ether oxygens (including phenoxy) is 1. The number of aromatic amines is 1. The molecule has 8 heteroatoms. The fourth-order valence-electron chi connectivity index (χ4n) is 3.55. The maximum Gasteiger partial charge on any atom is 0.316 e. The molecular formula is C21H23N5O3. The average molecular weight is 393 g/mol. The maximum absolute atomic E-state index is 12.8. The first kappa shape index (κ1) is 18.8. The number of anilines is 1. The van der Waals surface area contributed by atoms with Gasteiger partial charge in [0.2, 0.25) is 5.91 Å². The second-order valence-electron chi connectivity index (χ2n) is 6.98. The number of rotatable bonds is 5. The number of hydrogen-bond donors (Lipinski definition) is 3. The van der Waals surface area contributed by atoms with Gasteiger partial charge in [0.1, 0.15) is 17.6 Å². The molecule has 1 aromatic heterocycles. The number of fused-ring (bicyclic) bond motifs is 1. The second kappa shape index (κ2) is 7.83. The molecule has 4 rings (SSSR count). The van der Waals surface area contributed by atoms with Crippen molar-refractivity contribution in [3.8, 4) is 5.75 Å². The van der Waals surface area contributed by atoms with Crippen LogP contribution in [0.15, 0.2) is 48.5 Å². The number of carbonyl (C=O) groups excluding carboxylic acids is 2. The van der Waals surface area contributed by atoms with Crippen molar-refractivity contribution < 1.29 is 14.3 Å². The Morgan fingerprint density at radius 2 is 2.00 bits per heavy atom. The number of methoxy groups -OCH3 is 1. The molecule has 0 saturated carbocycles. The van der Waals surface area contributed by atoms with E-state index in [4.69, 9.17) is 4.74 Å². The molecule has 0 spiro atoms. The van der Waals surface area contributed by atoms with E-state index in [0.29, 0.717) is 30.2 Å². The summed E-state index contributed by atoms with van der Waals surface area (Å²) in [6.07, 6.45) is 0.531. The summed E-state index contributed by atoms with van der Waals surface area (Å²) in [5.41, 5.74) is 2.46. The Kier molecular flexibility index (Phi) is 5.07. The number of amides is 3. The van der Waals surface area contributed by atoms with Crippen LogP contribution in [0.25, 0.3) is 11.0 Å². The summed E-state index contributed by atoms with van der Waals surface area (Å²) in [4.78, 5) is 34.6. The summed E-state index contributed by atoms with van der Waals surface area (Å²) in [7, 11) is 1.57. The Morgan fingerprint density at radius 1 is 1.24 bits per heavy atom. The highest BCUT2D eigenvalue weighted by Crippen LogP contribution is 2.31. The van der Waals surface area contributed by atoms with Gasteiger partial charge in [-0.2, -0.15) is 0 Å². The van der Waals surface area contributed by atoms with E-state index < -0.39 is 12.1 Å². The Hall–Kier alpha value is -3.55. The normalized spacial score (nSPS) is 17.4. The number of urea groups is 1. The molecule has 3 aromatic rings. The molecule has 29 heavy (non-hydrogen) atoms. The molecule has 150 valence electrons. The fourth-order valence-corrected chi connectivity index (χ4v) is 3.55.